The van der Waals surface area contributed by atoms with E-state index in [1.807, 2.05) is 6.92 Å². The predicted molar refractivity (Wildman–Crippen MR) is 73.3 cm³/mol. The van der Waals surface area contributed by atoms with Gasteiger partial charge in [0.25, 0.3) is 0 Å². The number of rotatable bonds is 5. The fraction of sp³-hybridized carbons (Fsp3) is 0.250. The van der Waals surface area contributed by atoms with Crippen molar-refractivity contribution in [3.8, 4) is 0 Å². The van der Waals surface area contributed by atoms with Crippen molar-refractivity contribution >= 4 is 15.7 Å². The van der Waals surface area contributed by atoms with Gasteiger partial charge in [-0.25, -0.2) is 13.1 Å². The Morgan fingerprint density at radius 2 is 2.05 bits per heavy atom. The van der Waals surface area contributed by atoms with Crippen LogP contribution in [0.1, 0.15) is 18.5 Å². The molecule has 0 fully saturated rings. The maximum Gasteiger partial charge on any atom is 0.242 e. The van der Waals surface area contributed by atoms with Crippen LogP contribution < -0.4 is 10.0 Å². The Bertz CT molecular complexity index is 638. The number of hydrogen-bond donors (Lipinski definition) is 3. The van der Waals surface area contributed by atoms with Gasteiger partial charge in [-0.3, -0.25) is 5.10 Å². The quantitative estimate of drug-likeness (QED) is 0.774. The van der Waals surface area contributed by atoms with Crippen molar-refractivity contribution < 1.29 is 8.42 Å². The third-order valence-electron chi connectivity index (χ3n) is 2.84. The first-order chi connectivity index (χ1) is 9.04. The van der Waals surface area contributed by atoms with Crippen LogP contribution in [-0.4, -0.2) is 25.7 Å². The summed E-state index contributed by atoms with van der Waals surface area (Å²) in [6.45, 7) is 1.94. The summed E-state index contributed by atoms with van der Waals surface area (Å²) in [7, 11) is -2.08. The largest absolute Gasteiger partial charge is 0.377 e. The molecule has 1 aromatic heterocycles. The number of benzene rings is 1. The van der Waals surface area contributed by atoms with Gasteiger partial charge in [0.1, 0.15) is 4.90 Å². The summed E-state index contributed by atoms with van der Waals surface area (Å²) in [5.74, 6) is 0. The standard InChI is InChI=1S/C12H16N4O2S/c1-9(10-7-14-15-8-10)16-11-5-3-4-6-12(11)19(17,18)13-2/h3-9,13,16H,1-2H3,(H,14,15). The van der Waals surface area contributed by atoms with Crippen LogP contribution in [0.3, 0.4) is 0 Å². The Hall–Kier alpha value is -1.86. The Morgan fingerprint density at radius 1 is 1.32 bits per heavy atom. The van der Waals surface area contributed by atoms with Crippen molar-refractivity contribution in [3.63, 3.8) is 0 Å². The van der Waals surface area contributed by atoms with E-state index in [1.165, 1.54) is 7.05 Å². The van der Waals surface area contributed by atoms with E-state index in [0.717, 1.165) is 5.56 Å². The predicted octanol–water partition coefficient (Wildman–Crippen LogP) is 1.49. The highest BCUT2D eigenvalue weighted by molar-refractivity contribution is 7.89. The molecule has 2 rings (SSSR count). The Labute approximate surface area is 112 Å². The number of H-pyrrole nitrogens is 1. The fourth-order valence-electron chi connectivity index (χ4n) is 1.74. The normalized spacial score (nSPS) is 13.2. The molecule has 0 saturated carbocycles. The number of nitrogens with one attached hydrogen (secondary N) is 3. The molecule has 1 atom stereocenters. The zero-order valence-corrected chi connectivity index (χ0v) is 11.5. The van der Waals surface area contributed by atoms with E-state index in [-0.39, 0.29) is 10.9 Å². The number of nitrogens with zero attached hydrogens (tertiary/aromatic N) is 1. The van der Waals surface area contributed by atoms with E-state index in [4.69, 9.17) is 0 Å². The summed E-state index contributed by atoms with van der Waals surface area (Å²) < 4.78 is 26.2. The monoisotopic (exact) mass is 280 g/mol. The van der Waals surface area contributed by atoms with E-state index in [9.17, 15) is 8.42 Å². The molecular formula is C12H16N4O2S. The molecule has 0 spiro atoms. The van der Waals surface area contributed by atoms with Gasteiger partial charge in [-0.15, -0.1) is 0 Å². The molecule has 0 amide bonds. The van der Waals surface area contributed by atoms with Crippen molar-refractivity contribution in [1.29, 1.82) is 0 Å². The summed E-state index contributed by atoms with van der Waals surface area (Å²) in [4.78, 5) is 0.229. The average Bonchev–Trinajstić information content (AvgIpc) is 2.93. The van der Waals surface area contributed by atoms with E-state index in [1.54, 1.807) is 36.7 Å². The van der Waals surface area contributed by atoms with E-state index < -0.39 is 10.0 Å². The van der Waals surface area contributed by atoms with Gasteiger partial charge < -0.3 is 5.32 Å². The maximum absolute atomic E-state index is 11.9. The molecule has 0 saturated heterocycles. The van der Waals surface area contributed by atoms with Gasteiger partial charge in [0.05, 0.1) is 17.9 Å². The molecule has 3 N–H and O–H groups in total. The van der Waals surface area contributed by atoms with E-state index in [2.05, 4.69) is 20.2 Å². The van der Waals surface area contributed by atoms with Crippen molar-refractivity contribution in [2.24, 2.45) is 0 Å². The molecule has 0 aliphatic carbocycles. The molecule has 0 bridgehead atoms. The molecule has 102 valence electrons. The van der Waals surface area contributed by atoms with Crippen LogP contribution in [0.5, 0.6) is 0 Å². The van der Waals surface area contributed by atoms with Crippen LogP contribution >= 0.6 is 0 Å². The molecule has 1 aromatic carbocycles. The highest BCUT2D eigenvalue weighted by Crippen LogP contribution is 2.24. The number of aromatic amines is 1. The molecule has 1 heterocycles. The molecule has 0 aliphatic rings. The lowest BCUT2D eigenvalue weighted by Crippen LogP contribution is -2.20. The van der Waals surface area contributed by atoms with E-state index in [0.29, 0.717) is 5.69 Å². The molecule has 0 radical (unpaired) electrons. The number of anilines is 1. The molecule has 0 aliphatic heterocycles. The maximum atomic E-state index is 11.9. The lowest BCUT2D eigenvalue weighted by Gasteiger charge is -2.16. The minimum atomic E-state index is -3.48. The van der Waals surface area contributed by atoms with Gasteiger partial charge in [-0.1, -0.05) is 12.1 Å². The average molecular weight is 280 g/mol. The van der Waals surface area contributed by atoms with Crippen molar-refractivity contribution in [3.05, 3.63) is 42.2 Å². The molecule has 2 aromatic rings. The molecule has 1 unspecified atom stereocenters. The van der Waals surface area contributed by atoms with Crippen molar-refractivity contribution in [2.75, 3.05) is 12.4 Å². The Kier molecular flexibility index (Phi) is 3.87. The van der Waals surface area contributed by atoms with Crippen LogP contribution in [0.4, 0.5) is 5.69 Å². The first-order valence-corrected chi connectivity index (χ1v) is 7.30. The zero-order valence-electron chi connectivity index (χ0n) is 10.7. The van der Waals surface area contributed by atoms with Gasteiger partial charge >= 0.3 is 0 Å². The SMILES string of the molecule is CNS(=O)(=O)c1ccccc1NC(C)c1cn[nH]c1. The third-order valence-corrected chi connectivity index (χ3v) is 4.31. The molecular weight excluding hydrogens is 264 g/mol. The van der Waals surface area contributed by atoms with Crippen LogP contribution in [-0.2, 0) is 10.0 Å². The highest BCUT2D eigenvalue weighted by atomic mass is 32.2. The minimum Gasteiger partial charge on any atom is -0.377 e. The third kappa shape index (κ3) is 2.94. The van der Waals surface area contributed by atoms with Crippen molar-refractivity contribution in [2.45, 2.75) is 17.9 Å². The van der Waals surface area contributed by atoms with Crippen LogP contribution in [0.15, 0.2) is 41.6 Å². The summed E-state index contributed by atoms with van der Waals surface area (Å²) in [6, 6.07) is 6.74. The molecule has 7 heteroatoms. The van der Waals surface area contributed by atoms with Gasteiger partial charge in [-0.05, 0) is 26.1 Å². The van der Waals surface area contributed by atoms with Gasteiger partial charge in [0.2, 0.25) is 10.0 Å². The zero-order chi connectivity index (χ0) is 13.9. The lowest BCUT2D eigenvalue weighted by molar-refractivity contribution is 0.588. The van der Waals surface area contributed by atoms with Gasteiger partial charge in [0.15, 0.2) is 0 Å². The lowest BCUT2D eigenvalue weighted by atomic mass is 10.2. The topological polar surface area (TPSA) is 86.9 Å². The van der Waals surface area contributed by atoms with Gasteiger partial charge in [0, 0.05) is 11.8 Å². The summed E-state index contributed by atoms with van der Waals surface area (Å²) in [5, 5.41) is 9.78. The number of para-hydroxylation sites is 1. The van der Waals surface area contributed by atoms with E-state index >= 15 is 0 Å². The minimum absolute atomic E-state index is 0.0491. The van der Waals surface area contributed by atoms with Crippen molar-refractivity contribution in [1.82, 2.24) is 14.9 Å². The Balaban J connectivity index is 2.31. The van der Waals surface area contributed by atoms with Crippen LogP contribution in [0.25, 0.3) is 0 Å². The number of aromatic nitrogens is 2. The Morgan fingerprint density at radius 3 is 2.68 bits per heavy atom. The summed E-state index contributed by atoms with van der Waals surface area (Å²) >= 11 is 0. The summed E-state index contributed by atoms with van der Waals surface area (Å²) in [6.07, 6.45) is 3.47. The second-order valence-electron chi connectivity index (χ2n) is 4.10. The first kappa shape index (κ1) is 13.6. The smallest absolute Gasteiger partial charge is 0.242 e. The first-order valence-electron chi connectivity index (χ1n) is 5.82. The second kappa shape index (κ2) is 5.41. The highest BCUT2D eigenvalue weighted by Gasteiger charge is 2.17. The second-order valence-corrected chi connectivity index (χ2v) is 5.96. The van der Waals surface area contributed by atoms with Gasteiger partial charge in [-0.2, -0.15) is 5.10 Å². The van der Waals surface area contributed by atoms with Crippen LogP contribution in [0, 0.1) is 0 Å². The number of sulfonamides is 1. The fourth-order valence-corrected chi connectivity index (χ4v) is 2.64. The summed E-state index contributed by atoms with van der Waals surface area (Å²) in [5.41, 5.74) is 1.52. The van der Waals surface area contributed by atoms with Crippen LogP contribution in [0.2, 0.25) is 0 Å². The number of hydrogen-bond acceptors (Lipinski definition) is 4. The molecule has 6 nitrogen and oxygen atoms in total. The molecule has 19 heavy (non-hydrogen) atoms.